The average Bonchev–Trinajstić information content (AvgIpc) is 3.04. The number of aromatic nitrogens is 2. The van der Waals surface area contributed by atoms with Crippen LogP contribution in [0.2, 0.25) is 0 Å². The Morgan fingerprint density at radius 1 is 1.33 bits per heavy atom. The Labute approximate surface area is 123 Å². The Kier molecular flexibility index (Phi) is 3.92. The largest absolute Gasteiger partial charge is 0.365 e. The highest BCUT2D eigenvalue weighted by molar-refractivity contribution is 5.82. The zero-order valence-electron chi connectivity index (χ0n) is 12.2. The minimum Gasteiger partial charge on any atom is -0.365 e. The lowest BCUT2D eigenvalue weighted by atomic mass is 10.2. The SMILES string of the molecule is Cn1ccnc(N2CCOC(C(=O)N3CCCC3)C2)c1=O. The lowest BCUT2D eigenvalue weighted by molar-refractivity contribution is -0.143. The fourth-order valence-electron chi connectivity index (χ4n) is 2.83. The monoisotopic (exact) mass is 292 g/mol. The van der Waals surface area contributed by atoms with E-state index in [1.165, 1.54) is 4.57 Å². The first-order valence-electron chi connectivity index (χ1n) is 7.34. The second kappa shape index (κ2) is 5.85. The quantitative estimate of drug-likeness (QED) is 0.742. The van der Waals surface area contributed by atoms with E-state index in [2.05, 4.69) is 4.98 Å². The number of nitrogens with zero attached hydrogens (tertiary/aromatic N) is 4. The smallest absolute Gasteiger partial charge is 0.293 e. The third-order valence-electron chi connectivity index (χ3n) is 4.06. The number of aryl methyl sites for hydroxylation is 1. The summed E-state index contributed by atoms with van der Waals surface area (Å²) in [6.07, 6.45) is 4.85. The molecule has 2 saturated heterocycles. The molecule has 7 heteroatoms. The van der Waals surface area contributed by atoms with Crippen molar-refractivity contribution in [1.29, 1.82) is 0 Å². The summed E-state index contributed by atoms with van der Waals surface area (Å²) in [6, 6.07) is 0. The van der Waals surface area contributed by atoms with Crippen molar-refractivity contribution in [3.63, 3.8) is 0 Å². The van der Waals surface area contributed by atoms with E-state index in [9.17, 15) is 9.59 Å². The van der Waals surface area contributed by atoms with Crippen LogP contribution in [-0.2, 0) is 16.6 Å². The van der Waals surface area contributed by atoms with Crippen LogP contribution in [0.1, 0.15) is 12.8 Å². The molecule has 0 N–H and O–H groups in total. The number of rotatable bonds is 2. The molecule has 114 valence electrons. The van der Waals surface area contributed by atoms with E-state index in [1.54, 1.807) is 19.4 Å². The molecule has 7 nitrogen and oxygen atoms in total. The fraction of sp³-hybridized carbons (Fsp3) is 0.643. The summed E-state index contributed by atoms with van der Waals surface area (Å²) in [5, 5.41) is 0. The van der Waals surface area contributed by atoms with Crippen LogP contribution in [0.25, 0.3) is 0 Å². The van der Waals surface area contributed by atoms with Crippen LogP contribution in [0.3, 0.4) is 0 Å². The van der Waals surface area contributed by atoms with Crippen molar-refractivity contribution in [2.45, 2.75) is 18.9 Å². The van der Waals surface area contributed by atoms with Gasteiger partial charge in [0.2, 0.25) is 0 Å². The maximum atomic E-state index is 12.4. The topological polar surface area (TPSA) is 67.7 Å². The van der Waals surface area contributed by atoms with Crippen LogP contribution < -0.4 is 10.5 Å². The first-order chi connectivity index (χ1) is 10.2. The van der Waals surface area contributed by atoms with Gasteiger partial charge in [0, 0.05) is 39.1 Å². The predicted molar refractivity (Wildman–Crippen MR) is 77.2 cm³/mol. The zero-order chi connectivity index (χ0) is 14.8. The van der Waals surface area contributed by atoms with Crippen LogP contribution in [0.5, 0.6) is 0 Å². The second-order valence-corrected chi connectivity index (χ2v) is 5.50. The number of hydrogen-bond donors (Lipinski definition) is 0. The van der Waals surface area contributed by atoms with Crippen molar-refractivity contribution in [1.82, 2.24) is 14.5 Å². The van der Waals surface area contributed by atoms with E-state index in [4.69, 9.17) is 4.74 Å². The first kappa shape index (κ1) is 14.1. The van der Waals surface area contributed by atoms with Gasteiger partial charge in [-0.1, -0.05) is 0 Å². The number of carbonyl (C=O) groups is 1. The molecular weight excluding hydrogens is 272 g/mol. The van der Waals surface area contributed by atoms with Gasteiger partial charge in [0.1, 0.15) is 0 Å². The second-order valence-electron chi connectivity index (χ2n) is 5.50. The van der Waals surface area contributed by atoms with E-state index < -0.39 is 6.10 Å². The van der Waals surface area contributed by atoms with Gasteiger partial charge in [-0.3, -0.25) is 9.59 Å². The Hall–Kier alpha value is -1.89. The molecule has 2 aliphatic heterocycles. The third-order valence-corrected chi connectivity index (χ3v) is 4.06. The van der Waals surface area contributed by atoms with E-state index in [1.807, 2.05) is 9.80 Å². The third kappa shape index (κ3) is 2.78. The molecule has 0 aliphatic carbocycles. The number of hydrogen-bond acceptors (Lipinski definition) is 5. The molecule has 2 aliphatic rings. The minimum atomic E-state index is -0.497. The van der Waals surface area contributed by atoms with Gasteiger partial charge in [0.05, 0.1) is 13.2 Å². The highest BCUT2D eigenvalue weighted by atomic mass is 16.5. The van der Waals surface area contributed by atoms with Crippen molar-refractivity contribution in [3.05, 3.63) is 22.7 Å². The molecule has 0 saturated carbocycles. The van der Waals surface area contributed by atoms with E-state index >= 15 is 0 Å². The number of ether oxygens (including phenoxy) is 1. The fourth-order valence-corrected chi connectivity index (χ4v) is 2.83. The van der Waals surface area contributed by atoms with Gasteiger partial charge in [0.15, 0.2) is 11.9 Å². The summed E-state index contributed by atoms with van der Waals surface area (Å²) in [4.78, 5) is 32.4. The summed E-state index contributed by atoms with van der Waals surface area (Å²) in [7, 11) is 1.70. The molecule has 1 aromatic heterocycles. The van der Waals surface area contributed by atoms with Crippen molar-refractivity contribution in [3.8, 4) is 0 Å². The zero-order valence-corrected chi connectivity index (χ0v) is 12.2. The summed E-state index contributed by atoms with van der Waals surface area (Å²) < 4.78 is 7.10. The van der Waals surface area contributed by atoms with Crippen molar-refractivity contribution >= 4 is 11.7 Å². The number of amides is 1. The van der Waals surface area contributed by atoms with Gasteiger partial charge < -0.3 is 19.1 Å². The molecule has 0 spiro atoms. The predicted octanol–water partition coefficient (Wildman–Crippen LogP) is -0.392. The first-order valence-corrected chi connectivity index (χ1v) is 7.34. The molecule has 1 atom stereocenters. The number of carbonyl (C=O) groups excluding carboxylic acids is 1. The summed E-state index contributed by atoms with van der Waals surface area (Å²) in [6.45, 7) is 3.02. The lowest BCUT2D eigenvalue weighted by Crippen LogP contribution is -2.52. The molecule has 1 unspecified atom stereocenters. The number of anilines is 1. The molecule has 21 heavy (non-hydrogen) atoms. The van der Waals surface area contributed by atoms with Crippen molar-refractivity contribution in [2.24, 2.45) is 7.05 Å². The maximum Gasteiger partial charge on any atom is 0.293 e. The summed E-state index contributed by atoms with van der Waals surface area (Å²) in [5.41, 5.74) is -0.147. The highest BCUT2D eigenvalue weighted by Gasteiger charge is 2.32. The lowest BCUT2D eigenvalue weighted by Gasteiger charge is -2.34. The van der Waals surface area contributed by atoms with E-state index in [0.29, 0.717) is 25.5 Å². The van der Waals surface area contributed by atoms with Crippen molar-refractivity contribution in [2.75, 3.05) is 37.7 Å². The van der Waals surface area contributed by atoms with Crippen LogP contribution in [-0.4, -0.2) is 59.2 Å². The average molecular weight is 292 g/mol. The molecule has 3 heterocycles. The molecule has 0 bridgehead atoms. The number of likely N-dealkylation sites (tertiary alicyclic amines) is 1. The molecule has 0 radical (unpaired) electrons. The van der Waals surface area contributed by atoms with Crippen LogP contribution in [0.15, 0.2) is 17.2 Å². The molecule has 2 fully saturated rings. The summed E-state index contributed by atoms with van der Waals surface area (Å²) >= 11 is 0. The van der Waals surface area contributed by atoms with Gasteiger partial charge >= 0.3 is 0 Å². The standard InChI is InChI=1S/C14H20N4O3/c1-16-7-4-15-12(14(16)20)18-8-9-21-11(10-18)13(19)17-5-2-3-6-17/h4,7,11H,2-3,5-6,8-10H2,1H3. The van der Waals surface area contributed by atoms with Gasteiger partial charge in [0.25, 0.3) is 11.5 Å². The Balaban J connectivity index is 1.75. The Bertz CT molecular complexity index is 580. The van der Waals surface area contributed by atoms with Gasteiger partial charge in [-0.05, 0) is 12.8 Å². The van der Waals surface area contributed by atoms with Crippen LogP contribution >= 0.6 is 0 Å². The molecule has 0 aromatic carbocycles. The Morgan fingerprint density at radius 3 is 2.86 bits per heavy atom. The van der Waals surface area contributed by atoms with Gasteiger partial charge in [-0.2, -0.15) is 0 Å². The molecule has 3 rings (SSSR count). The van der Waals surface area contributed by atoms with Crippen LogP contribution in [0, 0.1) is 0 Å². The molecular formula is C14H20N4O3. The van der Waals surface area contributed by atoms with Gasteiger partial charge in [-0.15, -0.1) is 0 Å². The van der Waals surface area contributed by atoms with Gasteiger partial charge in [-0.25, -0.2) is 4.98 Å². The Morgan fingerprint density at radius 2 is 2.10 bits per heavy atom. The normalized spacial score (nSPS) is 22.6. The maximum absolute atomic E-state index is 12.4. The highest BCUT2D eigenvalue weighted by Crippen LogP contribution is 2.16. The summed E-state index contributed by atoms with van der Waals surface area (Å²) in [5.74, 6) is 0.424. The minimum absolute atomic E-state index is 0.0324. The molecule has 1 amide bonds. The van der Waals surface area contributed by atoms with Crippen LogP contribution in [0.4, 0.5) is 5.82 Å². The molecule has 1 aromatic rings. The van der Waals surface area contributed by atoms with Crippen molar-refractivity contribution < 1.29 is 9.53 Å². The van der Waals surface area contributed by atoms with E-state index in [-0.39, 0.29) is 11.5 Å². The number of morpholine rings is 1. The van der Waals surface area contributed by atoms with E-state index in [0.717, 1.165) is 25.9 Å².